The van der Waals surface area contributed by atoms with E-state index < -0.39 is 0 Å². The number of hydrogen-bond donors (Lipinski definition) is 2. The van der Waals surface area contributed by atoms with Crippen LogP contribution in [0.2, 0.25) is 0 Å². The largest absolute Gasteiger partial charge is 0.369 e. The molecule has 1 aromatic heterocycles. The van der Waals surface area contributed by atoms with E-state index >= 15 is 0 Å². The molecule has 2 N–H and O–H groups in total. The van der Waals surface area contributed by atoms with Gasteiger partial charge in [0.2, 0.25) is 0 Å². The molecule has 0 aliphatic carbocycles. The van der Waals surface area contributed by atoms with Crippen LogP contribution in [0.25, 0.3) is 10.9 Å². The summed E-state index contributed by atoms with van der Waals surface area (Å²) in [5, 5.41) is 4.20. The van der Waals surface area contributed by atoms with Gasteiger partial charge in [0.15, 0.2) is 0 Å². The SMILES string of the molecule is O=C(NCc1ccccc1)c1ccc2[nH]cc(CCCCN3CCN(c4ccccc4)CC3)c2c1. The van der Waals surface area contributed by atoms with Crippen molar-refractivity contribution in [2.75, 3.05) is 37.6 Å². The fourth-order valence-electron chi connectivity index (χ4n) is 4.93. The van der Waals surface area contributed by atoms with E-state index in [-0.39, 0.29) is 5.91 Å². The number of H-pyrrole nitrogens is 1. The average Bonchev–Trinajstić information content (AvgIpc) is 3.33. The molecule has 0 atom stereocenters. The van der Waals surface area contributed by atoms with Crippen molar-refractivity contribution in [3.05, 3.63) is 102 Å². The zero-order valence-corrected chi connectivity index (χ0v) is 20.2. The second-order valence-electron chi connectivity index (χ2n) is 9.36. The molecule has 1 amide bonds. The number of carbonyl (C=O) groups excluding carboxylic acids is 1. The minimum absolute atomic E-state index is 0.0300. The molecular formula is C30H34N4O. The molecule has 1 aliphatic heterocycles. The van der Waals surface area contributed by atoms with Crippen molar-refractivity contribution in [3.63, 3.8) is 0 Å². The summed E-state index contributed by atoms with van der Waals surface area (Å²) in [4.78, 5) is 21.2. The first-order valence-electron chi connectivity index (χ1n) is 12.7. The van der Waals surface area contributed by atoms with Crippen LogP contribution in [0.15, 0.2) is 85.1 Å². The maximum Gasteiger partial charge on any atom is 0.251 e. The van der Waals surface area contributed by atoms with E-state index in [1.54, 1.807) is 0 Å². The number of unbranched alkanes of at least 4 members (excludes halogenated alkanes) is 1. The molecule has 0 bridgehead atoms. The molecule has 4 aromatic rings. The summed E-state index contributed by atoms with van der Waals surface area (Å²) in [6.07, 6.45) is 5.47. The monoisotopic (exact) mass is 466 g/mol. The highest BCUT2D eigenvalue weighted by Crippen LogP contribution is 2.22. The van der Waals surface area contributed by atoms with Gasteiger partial charge >= 0.3 is 0 Å². The van der Waals surface area contributed by atoms with Crippen LogP contribution in [0.1, 0.15) is 34.3 Å². The molecule has 1 fully saturated rings. The Kier molecular flexibility index (Phi) is 7.44. The van der Waals surface area contributed by atoms with Crippen LogP contribution < -0.4 is 10.2 Å². The van der Waals surface area contributed by atoms with Gasteiger partial charge in [-0.05, 0) is 67.3 Å². The predicted octanol–water partition coefficient (Wildman–Crippen LogP) is 5.24. The van der Waals surface area contributed by atoms with E-state index in [0.29, 0.717) is 12.1 Å². The molecule has 0 unspecified atom stereocenters. The zero-order valence-electron chi connectivity index (χ0n) is 20.2. The minimum Gasteiger partial charge on any atom is -0.369 e. The molecule has 1 aliphatic rings. The van der Waals surface area contributed by atoms with Gasteiger partial charge in [0.1, 0.15) is 0 Å². The lowest BCUT2D eigenvalue weighted by atomic mass is 10.0. The van der Waals surface area contributed by atoms with Gasteiger partial charge < -0.3 is 15.2 Å². The lowest BCUT2D eigenvalue weighted by molar-refractivity contribution is 0.0951. The second kappa shape index (κ2) is 11.2. The van der Waals surface area contributed by atoms with Gasteiger partial charge in [-0.2, -0.15) is 0 Å². The molecule has 3 aromatic carbocycles. The lowest BCUT2D eigenvalue weighted by Crippen LogP contribution is -2.46. The van der Waals surface area contributed by atoms with E-state index in [1.165, 1.54) is 17.7 Å². The summed E-state index contributed by atoms with van der Waals surface area (Å²) in [6.45, 7) is 6.14. The summed E-state index contributed by atoms with van der Waals surface area (Å²) in [6, 6.07) is 26.7. The fraction of sp³-hybridized carbons (Fsp3) is 0.300. The number of benzene rings is 3. The van der Waals surface area contributed by atoms with Gasteiger partial charge in [0.25, 0.3) is 5.91 Å². The predicted molar refractivity (Wildman–Crippen MR) is 144 cm³/mol. The van der Waals surface area contributed by atoms with Gasteiger partial charge in [-0.1, -0.05) is 48.5 Å². The molecule has 1 saturated heterocycles. The maximum atomic E-state index is 12.7. The van der Waals surface area contributed by atoms with Crippen LogP contribution in [0.4, 0.5) is 5.69 Å². The number of fused-ring (bicyclic) bond motifs is 1. The maximum absolute atomic E-state index is 12.7. The van der Waals surface area contributed by atoms with E-state index in [9.17, 15) is 4.79 Å². The minimum atomic E-state index is -0.0300. The Bertz CT molecular complexity index is 1230. The highest BCUT2D eigenvalue weighted by atomic mass is 16.1. The molecule has 5 nitrogen and oxygen atoms in total. The molecule has 5 rings (SSSR count). The summed E-state index contributed by atoms with van der Waals surface area (Å²) in [5.41, 5.74) is 5.54. The third-order valence-electron chi connectivity index (χ3n) is 6.99. The molecule has 180 valence electrons. The number of aromatic nitrogens is 1. The highest BCUT2D eigenvalue weighted by molar-refractivity contribution is 5.98. The fourth-order valence-corrected chi connectivity index (χ4v) is 4.93. The lowest BCUT2D eigenvalue weighted by Gasteiger charge is -2.36. The first-order valence-corrected chi connectivity index (χ1v) is 12.7. The van der Waals surface area contributed by atoms with Crippen molar-refractivity contribution < 1.29 is 4.79 Å². The molecular weight excluding hydrogens is 432 g/mol. The topological polar surface area (TPSA) is 51.4 Å². The molecule has 0 saturated carbocycles. The van der Waals surface area contributed by atoms with Crippen molar-refractivity contribution >= 4 is 22.5 Å². The smallest absolute Gasteiger partial charge is 0.251 e. The summed E-state index contributed by atoms with van der Waals surface area (Å²) in [5.74, 6) is -0.0300. The number of anilines is 1. The average molecular weight is 467 g/mol. The quantitative estimate of drug-likeness (QED) is 0.332. The van der Waals surface area contributed by atoms with Gasteiger partial charge in [-0.3, -0.25) is 9.69 Å². The van der Waals surface area contributed by atoms with Crippen LogP contribution in [0.3, 0.4) is 0 Å². The van der Waals surface area contributed by atoms with Crippen LogP contribution in [-0.4, -0.2) is 48.5 Å². The Balaban J connectivity index is 1.09. The van der Waals surface area contributed by atoms with Crippen molar-refractivity contribution in [2.24, 2.45) is 0 Å². The van der Waals surface area contributed by atoms with Crippen molar-refractivity contribution in [3.8, 4) is 0 Å². The zero-order chi connectivity index (χ0) is 23.9. The molecule has 5 heteroatoms. The Morgan fingerprint density at radius 1 is 0.857 bits per heavy atom. The highest BCUT2D eigenvalue weighted by Gasteiger charge is 2.16. The van der Waals surface area contributed by atoms with Gasteiger partial charge in [0.05, 0.1) is 0 Å². The number of aryl methyl sites for hydroxylation is 1. The number of nitrogens with one attached hydrogen (secondary N) is 2. The van der Waals surface area contributed by atoms with Crippen LogP contribution >= 0.6 is 0 Å². The molecule has 0 spiro atoms. The van der Waals surface area contributed by atoms with Crippen molar-refractivity contribution in [1.82, 2.24) is 15.2 Å². The number of aromatic amines is 1. The van der Waals surface area contributed by atoms with E-state index in [4.69, 9.17) is 0 Å². The Morgan fingerprint density at radius 2 is 1.60 bits per heavy atom. The Labute approximate surface area is 207 Å². The van der Waals surface area contributed by atoms with Crippen LogP contribution in [-0.2, 0) is 13.0 Å². The van der Waals surface area contributed by atoms with Crippen molar-refractivity contribution in [1.29, 1.82) is 0 Å². The Hall–Kier alpha value is -3.57. The van der Waals surface area contributed by atoms with Crippen molar-refractivity contribution in [2.45, 2.75) is 25.8 Å². The third-order valence-corrected chi connectivity index (χ3v) is 6.99. The number of para-hydroxylation sites is 1. The van der Waals surface area contributed by atoms with Crippen LogP contribution in [0.5, 0.6) is 0 Å². The first kappa shape index (κ1) is 23.2. The third kappa shape index (κ3) is 5.92. The molecule has 0 radical (unpaired) electrons. The number of amides is 1. The standard InChI is InChI=1S/C30H34N4O/c35-30(32-22-24-9-3-1-4-10-24)25-14-15-29-28(21-25)26(23-31-29)11-7-8-16-33-17-19-34(20-18-33)27-12-5-2-6-13-27/h1-6,9-10,12-15,21,23,31H,7-8,11,16-20,22H2,(H,32,35). The van der Waals surface area contributed by atoms with Gasteiger partial charge in [0, 0.05) is 61.1 Å². The molecule has 35 heavy (non-hydrogen) atoms. The summed E-state index contributed by atoms with van der Waals surface area (Å²) < 4.78 is 0. The first-order chi connectivity index (χ1) is 17.3. The normalized spacial score (nSPS) is 14.3. The Morgan fingerprint density at radius 3 is 2.37 bits per heavy atom. The number of piperazine rings is 1. The number of carbonyl (C=O) groups is 1. The summed E-state index contributed by atoms with van der Waals surface area (Å²) in [7, 11) is 0. The number of rotatable bonds is 9. The number of hydrogen-bond acceptors (Lipinski definition) is 3. The van der Waals surface area contributed by atoms with Gasteiger partial charge in [-0.15, -0.1) is 0 Å². The summed E-state index contributed by atoms with van der Waals surface area (Å²) >= 11 is 0. The number of nitrogens with zero attached hydrogens (tertiary/aromatic N) is 2. The van der Waals surface area contributed by atoms with E-state index in [1.807, 2.05) is 48.5 Å². The second-order valence-corrected chi connectivity index (χ2v) is 9.36. The molecule has 2 heterocycles. The van der Waals surface area contributed by atoms with E-state index in [2.05, 4.69) is 56.6 Å². The van der Waals surface area contributed by atoms with E-state index in [0.717, 1.165) is 62.0 Å². The van der Waals surface area contributed by atoms with Crippen LogP contribution in [0, 0.1) is 0 Å². The van der Waals surface area contributed by atoms with Gasteiger partial charge in [-0.25, -0.2) is 0 Å².